The van der Waals surface area contributed by atoms with Crippen molar-refractivity contribution < 1.29 is 19.0 Å². The molecule has 2 aromatic rings. The van der Waals surface area contributed by atoms with Gasteiger partial charge in [0.2, 0.25) is 12.7 Å². The molecule has 1 saturated heterocycles. The average molecular weight is 368 g/mol. The third-order valence-electron chi connectivity index (χ3n) is 4.99. The van der Waals surface area contributed by atoms with Crippen LogP contribution in [0.3, 0.4) is 0 Å². The van der Waals surface area contributed by atoms with Gasteiger partial charge in [0.1, 0.15) is 0 Å². The normalized spacial score (nSPS) is 17.9. The molecule has 6 heteroatoms. The maximum atomic E-state index is 12.9. The lowest BCUT2D eigenvalue weighted by Gasteiger charge is -2.25. The summed E-state index contributed by atoms with van der Waals surface area (Å²) in [5.74, 6) is 1.66. The second-order valence-corrected chi connectivity index (χ2v) is 6.95. The molecule has 0 N–H and O–H groups in total. The number of amides is 1. The minimum Gasteiger partial charge on any atom is -0.454 e. The van der Waals surface area contributed by atoms with Crippen LogP contribution in [0.5, 0.6) is 11.5 Å². The first-order valence-electron chi connectivity index (χ1n) is 9.45. The van der Waals surface area contributed by atoms with Crippen LogP contribution in [0.2, 0.25) is 0 Å². The zero-order chi connectivity index (χ0) is 18.5. The molecule has 0 unspecified atom stereocenters. The summed E-state index contributed by atoms with van der Waals surface area (Å²) >= 11 is 0. The predicted molar refractivity (Wildman–Crippen MR) is 99.5 cm³/mol. The highest BCUT2D eigenvalue weighted by Gasteiger charge is 2.23. The first-order valence-corrected chi connectivity index (χ1v) is 9.45. The van der Waals surface area contributed by atoms with Crippen molar-refractivity contribution in [1.29, 1.82) is 0 Å². The number of rotatable bonds is 7. The Labute approximate surface area is 159 Å². The SMILES string of the molecule is O=C(CCc1ccc2c(c1)OCO2)N(Cc1ccncc1)C[C@H]1CCCO1. The fourth-order valence-corrected chi connectivity index (χ4v) is 3.50. The predicted octanol–water partition coefficient (Wildman–Crippen LogP) is 2.95. The van der Waals surface area contributed by atoms with Crippen molar-refractivity contribution in [3.8, 4) is 11.5 Å². The molecule has 0 bridgehead atoms. The van der Waals surface area contributed by atoms with E-state index in [2.05, 4.69) is 4.98 Å². The number of aryl methyl sites for hydroxylation is 1. The van der Waals surface area contributed by atoms with E-state index in [9.17, 15) is 4.79 Å². The first-order chi connectivity index (χ1) is 13.3. The van der Waals surface area contributed by atoms with Crippen LogP contribution in [0.4, 0.5) is 0 Å². The van der Waals surface area contributed by atoms with Crippen molar-refractivity contribution in [2.24, 2.45) is 0 Å². The van der Waals surface area contributed by atoms with Gasteiger partial charge in [-0.1, -0.05) is 6.07 Å². The van der Waals surface area contributed by atoms with Gasteiger partial charge in [-0.25, -0.2) is 0 Å². The van der Waals surface area contributed by atoms with Gasteiger partial charge in [-0.3, -0.25) is 9.78 Å². The Bertz CT molecular complexity index is 775. The fraction of sp³-hybridized carbons (Fsp3) is 0.429. The number of hydrogen-bond acceptors (Lipinski definition) is 5. The van der Waals surface area contributed by atoms with Gasteiger partial charge in [0.25, 0.3) is 0 Å². The van der Waals surface area contributed by atoms with Crippen LogP contribution in [0.1, 0.15) is 30.4 Å². The van der Waals surface area contributed by atoms with Crippen LogP contribution in [-0.2, 0) is 22.5 Å². The molecular formula is C21H24N2O4. The summed E-state index contributed by atoms with van der Waals surface area (Å²) in [5, 5.41) is 0. The van der Waals surface area contributed by atoms with Gasteiger partial charge in [0.15, 0.2) is 11.5 Å². The molecule has 1 aromatic carbocycles. The molecule has 2 aliphatic heterocycles. The van der Waals surface area contributed by atoms with Crippen LogP contribution in [-0.4, -0.2) is 41.8 Å². The molecule has 0 radical (unpaired) electrons. The molecule has 0 saturated carbocycles. The van der Waals surface area contributed by atoms with E-state index in [0.29, 0.717) is 25.9 Å². The van der Waals surface area contributed by atoms with E-state index in [0.717, 1.165) is 42.1 Å². The van der Waals surface area contributed by atoms with Gasteiger partial charge in [-0.2, -0.15) is 0 Å². The van der Waals surface area contributed by atoms with Crippen molar-refractivity contribution in [1.82, 2.24) is 9.88 Å². The lowest BCUT2D eigenvalue weighted by molar-refractivity contribution is -0.133. The highest BCUT2D eigenvalue weighted by atomic mass is 16.7. The Morgan fingerprint density at radius 3 is 2.78 bits per heavy atom. The Hall–Kier alpha value is -2.60. The summed E-state index contributed by atoms with van der Waals surface area (Å²) in [6, 6.07) is 9.77. The highest BCUT2D eigenvalue weighted by Crippen LogP contribution is 2.32. The Morgan fingerprint density at radius 1 is 1.11 bits per heavy atom. The van der Waals surface area contributed by atoms with E-state index in [1.165, 1.54) is 0 Å². The molecule has 2 aliphatic rings. The third-order valence-corrected chi connectivity index (χ3v) is 4.99. The number of hydrogen-bond donors (Lipinski definition) is 0. The first kappa shape index (κ1) is 17.8. The number of aromatic nitrogens is 1. The van der Waals surface area contributed by atoms with E-state index in [1.807, 2.05) is 35.2 Å². The summed E-state index contributed by atoms with van der Waals surface area (Å²) in [7, 11) is 0. The van der Waals surface area contributed by atoms with Crippen LogP contribution >= 0.6 is 0 Å². The van der Waals surface area contributed by atoms with Crippen molar-refractivity contribution >= 4 is 5.91 Å². The van der Waals surface area contributed by atoms with E-state index in [-0.39, 0.29) is 18.8 Å². The lowest BCUT2D eigenvalue weighted by atomic mass is 10.1. The molecule has 1 aromatic heterocycles. The van der Waals surface area contributed by atoms with Crippen LogP contribution in [0, 0.1) is 0 Å². The van der Waals surface area contributed by atoms with Gasteiger partial charge in [0.05, 0.1) is 6.10 Å². The van der Waals surface area contributed by atoms with E-state index in [4.69, 9.17) is 14.2 Å². The van der Waals surface area contributed by atoms with Crippen LogP contribution in [0.25, 0.3) is 0 Å². The molecular weight excluding hydrogens is 344 g/mol. The zero-order valence-corrected chi connectivity index (χ0v) is 15.3. The van der Waals surface area contributed by atoms with Crippen molar-refractivity contribution in [2.75, 3.05) is 19.9 Å². The standard InChI is InChI=1S/C21H24N2O4/c24-21(6-4-16-3-5-19-20(12-16)27-15-26-19)23(14-18-2-1-11-25-18)13-17-7-9-22-10-8-17/h3,5,7-10,12,18H,1-2,4,6,11,13-15H2/t18-/m1/s1. The molecule has 4 rings (SSSR count). The van der Waals surface area contributed by atoms with Crippen LogP contribution < -0.4 is 9.47 Å². The van der Waals surface area contributed by atoms with Crippen molar-refractivity contribution in [3.05, 3.63) is 53.9 Å². The maximum absolute atomic E-state index is 12.9. The van der Waals surface area contributed by atoms with Crippen molar-refractivity contribution in [2.45, 2.75) is 38.3 Å². The quantitative estimate of drug-likeness (QED) is 0.752. The largest absolute Gasteiger partial charge is 0.454 e. The topological polar surface area (TPSA) is 60.9 Å². The van der Waals surface area contributed by atoms with Gasteiger partial charge in [0, 0.05) is 38.5 Å². The monoisotopic (exact) mass is 368 g/mol. The number of ether oxygens (including phenoxy) is 3. The summed E-state index contributed by atoms with van der Waals surface area (Å²) in [6.45, 7) is 2.28. The Balaban J connectivity index is 1.39. The summed E-state index contributed by atoms with van der Waals surface area (Å²) in [6.07, 6.45) is 6.88. The van der Waals surface area contributed by atoms with Gasteiger partial charge in [-0.05, 0) is 54.7 Å². The molecule has 1 fully saturated rings. The van der Waals surface area contributed by atoms with Gasteiger partial charge in [-0.15, -0.1) is 0 Å². The Morgan fingerprint density at radius 2 is 1.96 bits per heavy atom. The number of nitrogens with zero attached hydrogens (tertiary/aromatic N) is 2. The molecule has 0 aliphatic carbocycles. The second kappa shape index (κ2) is 8.39. The summed E-state index contributed by atoms with van der Waals surface area (Å²) < 4.78 is 16.5. The molecule has 3 heterocycles. The molecule has 1 amide bonds. The zero-order valence-electron chi connectivity index (χ0n) is 15.3. The second-order valence-electron chi connectivity index (χ2n) is 6.95. The van der Waals surface area contributed by atoms with Crippen LogP contribution in [0.15, 0.2) is 42.7 Å². The average Bonchev–Trinajstić information content (AvgIpc) is 3.37. The Kier molecular flexibility index (Phi) is 5.53. The molecule has 142 valence electrons. The van der Waals surface area contributed by atoms with Gasteiger partial charge >= 0.3 is 0 Å². The number of fused-ring (bicyclic) bond motifs is 1. The fourth-order valence-electron chi connectivity index (χ4n) is 3.50. The van der Waals surface area contributed by atoms with E-state index >= 15 is 0 Å². The smallest absolute Gasteiger partial charge is 0.231 e. The van der Waals surface area contributed by atoms with E-state index in [1.54, 1.807) is 12.4 Å². The number of benzene rings is 1. The summed E-state index contributed by atoms with van der Waals surface area (Å²) in [4.78, 5) is 18.9. The third kappa shape index (κ3) is 4.57. The lowest BCUT2D eigenvalue weighted by Crippen LogP contribution is -2.37. The minimum atomic E-state index is 0.139. The van der Waals surface area contributed by atoms with E-state index < -0.39 is 0 Å². The number of carbonyl (C=O) groups is 1. The van der Waals surface area contributed by atoms with Crippen molar-refractivity contribution in [3.63, 3.8) is 0 Å². The molecule has 1 atom stereocenters. The highest BCUT2D eigenvalue weighted by molar-refractivity contribution is 5.76. The maximum Gasteiger partial charge on any atom is 0.231 e. The molecule has 27 heavy (non-hydrogen) atoms. The number of pyridine rings is 1. The summed E-state index contributed by atoms with van der Waals surface area (Å²) in [5.41, 5.74) is 2.16. The minimum absolute atomic E-state index is 0.139. The molecule has 6 nitrogen and oxygen atoms in total. The number of carbonyl (C=O) groups excluding carboxylic acids is 1. The molecule has 0 spiro atoms. The van der Waals surface area contributed by atoms with Gasteiger partial charge < -0.3 is 19.1 Å².